The van der Waals surface area contributed by atoms with Crippen LogP contribution in [0.3, 0.4) is 0 Å². The lowest BCUT2D eigenvalue weighted by atomic mass is 9.85. The molecule has 0 spiro atoms. The first-order valence-corrected chi connectivity index (χ1v) is 6.57. The van der Waals surface area contributed by atoms with Gasteiger partial charge in [0.1, 0.15) is 11.9 Å². The van der Waals surface area contributed by atoms with Crippen LogP contribution in [-0.2, 0) is 11.3 Å². The minimum atomic E-state index is -0.154. The highest BCUT2D eigenvalue weighted by molar-refractivity contribution is 5.05. The maximum absolute atomic E-state index is 11.6. The zero-order valence-corrected chi connectivity index (χ0v) is 10.8. The van der Waals surface area contributed by atoms with E-state index in [0.717, 1.165) is 12.8 Å². The third-order valence-corrected chi connectivity index (χ3v) is 3.62. The van der Waals surface area contributed by atoms with E-state index < -0.39 is 0 Å². The zero-order chi connectivity index (χ0) is 13.0. The van der Waals surface area contributed by atoms with Gasteiger partial charge in [0, 0.05) is 19.7 Å². The van der Waals surface area contributed by atoms with E-state index in [0.29, 0.717) is 17.4 Å². The molecule has 1 aliphatic carbocycles. The van der Waals surface area contributed by atoms with Gasteiger partial charge in [-0.1, -0.05) is 19.3 Å². The molecular weight excluding hydrogens is 230 g/mol. The van der Waals surface area contributed by atoms with E-state index in [4.69, 9.17) is 10.5 Å². The van der Waals surface area contributed by atoms with Crippen LogP contribution in [0.4, 0.5) is 0 Å². The number of hydrogen-bond donors (Lipinski definition) is 2. The highest BCUT2D eigenvalue weighted by Crippen LogP contribution is 2.34. The molecular formula is C13H21N3O2. The average molecular weight is 251 g/mol. The molecule has 0 amide bonds. The molecule has 1 aromatic heterocycles. The number of nitrogens with two attached hydrogens (primary N) is 1. The summed E-state index contributed by atoms with van der Waals surface area (Å²) in [5.74, 6) is 1.07. The van der Waals surface area contributed by atoms with E-state index >= 15 is 0 Å². The smallest absolute Gasteiger partial charge is 0.251 e. The van der Waals surface area contributed by atoms with Crippen molar-refractivity contribution in [2.24, 2.45) is 11.7 Å². The number of methoxy groups -OCH3 is 1. The van der Waals surface area contributed by atoms with Crippen LogP contribution in [0.1, 0.15) is 49.7 Å². The van der Waals surface area contributed by atoms with Gasteiger partial charge >= 0.3 is 0 Å². The largest absolute Gasteiger partial charge is 0.373 e. The van der Waals surface area contributed by atoms with Crippen molar-refractivity contribution in [3.8, 4) is 0 Å². The third kappa shape index (κ3) is 2.97. The average Bonchev–Trinajstić information content (AvgIpc) is 2.40. The minimum Gasteiger partial charge on any atom is -0.373 e. The van der Waals surface area contributed by atoms with Gasteiger partial charge in [0.2, 0.25) is 0 Å². The summed E-state index contributed by atoms with van der Waals surface area (Å²) < 4.78 is 5.56. The molecule has 1 unspecified atom stereocenters. The second kappa shape index (κ2) is 6.11. The van der Waals surface area contributed by atoms with Crippen molar-refractivity contribution >= 4 is 0 Å². The lowest BCUT2D eigenvalue weighted by Crippen LogP contribution is -2.24. The molecule has 1 saturated carbocycles. The highest BCUT2D eigenvalue weighted by atomic mass is 16.5. The van der Waals surface area contributed by atoms with Gasteiger partial charge in [-0.05, 0) is 18.8 Å². The molecule has 100 valence electrons. The second-order valence-electron chi connectivity index (χ2n) is 4.88. The quantitative estimate of drug-likeness (QED) is 0.849. The first-order valence-electron chi connectivity index (χ1n) is 6.57. The summed E-state index contributed by atoms with van der Waals surface area (Å²) >= 11 is 0. The number of hydrogen-bond acceptors (Lipinski definition) is 4. The van der Waals surface area contributed by atoms with E-state index in [1.807, 2.05) is 0 Å². The van der Waals surface area contributed by atoms with Gasteiger partial charge in [-0.15, -0.1) is 0 Å². The topological polar surface area (TPSA) is 81.0 Å². The van der Waals surface area contributed by atoms with Gasteiger partial charge in [0.25, 0.3) is 5.56 Å². The van der Waals surface area contributed by atoms with Crippen molar-refractivity contribution in [1.29, 1.82) is 0 Å². The molecule has 2 rings (SSSR count). The van der Waals surface area contributed by atoms with Gasteiger partial charge in [-0.3, -0.25) is 4.79 Å². The number of nitrogens with one attached hydrogen (secondary N) is 1. The van der Waals surface area contributed by atoms with Crippen LogP contribution in [0.25, 0.3) is 0 Å². The summed E-state index contributed by atoms with van der Waals surface area (Å²) in [7, 11) is 1.67. The van der Waals surface area contributed by atoms with E-state index in [1.165, 1.54) is 25.3 Å². The molecule has 18 heavy (non-hydrogen) atoms. The first kappa shape index (κ1) is 13.2. The Balaban J connectivity index is 2.25. The zero-order valence-electron chi connectivity index (χ0n) is 10.8. The van der Waals surface area contributed by atoms with Crippen molar-refractivity contribution in [2.45, 2.75) is 44.8 Å². The van der Waals surface area contributed by atoms with E-state index in [9.17, 15) is 4.79 Å². The molecule has 0 radical (unpaired) electrons. The number of rotatable bonds is 4. The van der Waals surface area contributed by atoms with Crippen molar-refractivity contribution in [3.05, 3.63) is 27.9 Å². The Labute approximate surface area is 107 Å². The van der Waals surface area contributed by atoms with Gasteiger partial charge in [0.05, 0.1) is 5.69 Å². The Kier molecular flexibility index (Phi) is 4.49. The van der Waals surface area contributed by atoms with E-state index in [-0.39, 0.29) is 18.2 Å². The number of ether oxygens (including phenoxy) is 1. The van der Waals surface area contributed by atoms with Crippen LogP contribution in [0.5, 0.6) is 0 Å². The molecule has 3 N–H and O–H groups in total. The molecule has 1 aromatic rings. The standard InChI is InChI=1S/C13H21N3O2/c1-18-12(9-5-3-2-4-6-9)13-15-10(8-14)7-11(17)16-13/h7,9,12H,2-6,8,14H2,1H3,(H,15,16,17). The van der Waals surface area contributed by atoms with E-state index in [1.54, 1.807) is 7.11 Å². The Bertz CT molecular complexity index is 438. The summed E-state index contributed by atoms with van der Waals surface area (Å²) in [6.45, 7) is 0.276. The van der Waals surface area contributed by atoms with Crippen LogP contribution >= 0.6 is 0 Å². The molecule has 5 nitrogen and oxygen atoms in total. The fourth-order valence-corrected chi connectivity index (χ4v) is 2.73. The Morgan fingerprint density at radius 3 is 2.83 bits per heavy atom. The molecule has 0 aromatic carbocycles. The van der Waals surface area contributed by atoms with Gasteiger partial charge < -0.3 is 15.5 Å². The molecule has 1 fully saturated rings. The van der Waals surface area contributed by atoms with Crippen molar-refractivity contribution in [1.82, 2.24) is 9.97 Å². The SMILES string of the molecule is COC(c1nc(CN)cc(=O)[nH]1)C1CCCCC1. The number of aromatic amines is 1. The monoisotopic (exact) mass is 251 g/mol. The fraction of sp³-hybridized carbons (Fsp3) is 0.692. The Hall–Kier alpha value is -1.20. The summed E-state index contributed by atoms with van der Waals surface area (Å²) in [5, 5.41) is 0. The lowest BCUT2D eigenvalue weighted by molar-refractivity contribution is 0.0286. The molecule has 1 heterocycles. The van der Waals surface area contributed by atoms with Crippen molar-refractivity contribution in [2.75, 3.05) is 7.11 Å². The summed E-state index contributed by atoms with van der Waals surface area (Å²) in [6, 6.07) is 1.44. The van der Waals surface area contributed by atoms with Gasteiger partial charge in [-0.25, -0.2) is 4.98 Å². The second-order valence-corrected chi connectivity index (χ2v) is 4.88. The minimum absolute atomic E-state index is 0.121. The molecule has 1 atom stereocenters. The van der Waals surface area contributed by atoms with Crippen LogP contribution in [0, 0.1) is 5.92 Å². The summed E-state index contributed by atoms with van der Waals surface area (Å²) in [4.78, 5) is 18.7. The van der Waals surface area contributed by atoms with Crippen LogP contribution in [-0.4, -0.2) is 17.1 Å². The van der Waals surface area contributed by atoms with Crippen LogP contribution < -0.4 is 11.3 Å². The van der Waals surface area contributed by atoms with Gasteiger partial charge in [-0.2, -0.15) is 0 Å². The molecule has 1 aliphatic rings. The maximum atomic E-state index is 11.6. The molecule has 0 saturated heterocycles. The number of aromatic nitrogens is 2. The number of H-pyrrole nitrogens is 1. The fourth-order valence-electron chi connectivity index (χ4n) is 2.73. The third-order valence-electron chi connectivity index (χ3n) is 3.62. The molecule has 0 aliphatic heterocycles. The van der Waals surface area contributed by atoms with Crippen molar-refractivity contribution < 1.29 is 4.74 Å². The van der Waals surface area contributed by atoms with Crippen LogP contribution in [0.2, 0.25) is 0 Å². The first-order chi connectivity index (χ1) is 8.74. The molecule has 5 heteroatoms. The Morgan fingerprint density at radius 1 is 1.50 bits per heavy atom. The lowest BCUT2D eigenvalue weighted by Gasteiger charge is -2.28. The van der Waals surface area contributed by atoms with Crippen molar-refractivity contribution in [3.63, 3.8) is 0 Å². The normalized spacial score (nSPS) is 18.8. The Morgan fingerprint density at radius 2 is 2.22 bits per heavy atom. The maximum Gasteiger partial charge on any atom is 0.251 e. The van der Waals surface area contributed by atoms with E-state index in [2.05, 4.69) is 9.97 Å². The number of nitrogens with zero attached hydrogens (tertiary/aromatic N) is 1. The summed E-state index contributed by atoms with van der Waals surface area (Å²) in [6.07, 6.45) is 5.89. The van der Waals surface area contributed by atoms with Crippen LogP contribution in [0.15, 0.2) is 10.9 Å². The highest BCUT2D eigenvalue weighted by Gasteiger charge is 2.26. The summed E-state index contributed by atoms with van der Waals surface area (Å²) in [5.41, 5.74) is 6.01. The predicted octanol–water partition coefficient (Wildman–Crippen LogP) is 1.50. The predicted molar refractivity (Wildman–Crippen MR) is 69.1 cm³/mol. The van der Waals surface area contributed by atoms with Gasteiger partial charge in [0.15, 0.2) is 0 Å². The molecule has 0 bridgehead atoms.